The van der Waals surface area contributed by atoms with E-state index in [0.29, 0.717) is 5.69 Å². The number of aromatic carboxylic acids is 1. The van der Waals surface area contributed by atoms with Crippen molar-refractivity contribution in [2.24, 2.45) is 5.41 Å². The highest BCUT2D eigenvalue weighted by atomic mass is 16.4. The maximum Gasteiger partial charge on any atom is 0.335 e. The Morgan fingerprint density at radius 2 is 1.94 bits per heavy atom. The number of hydrogen-bond acceptors (Lipinski definition) is 2. The summed E-state index contributed by atoms with van der Waals surface area (Å²) < 4.78 is 0. The van der Waals surface area contributed by atoms with Gasteiger partial charge in [0.15, 0.2) is 0 Å². The van der Waals surface area contributed by atoms with Crippen molar-refractivity contribution in [1.29, 1.82) is 0 Å². The van der Waals surface area contributed by atoms with Crippen LogP contribution in [0.2, 0.25) is 0 Å². The van der Waals surface area contributed by atoms with Gasteiger partial charge < -0.3 is 10.4 Å². The van der Waals surface area contributed by atoms with Gasteiger partial charge in [0.05, 0.1) is 5.56 Å². The second-order valence-electron chi connectivity index (χ2n) is 5.03. The van der Waals surface area contributed by atoms with Gasteiger partial charge in [-0.05, 0) is 37.1 Å². The molecule has 0 bridgehead atoms. The van der Waals surface area contributed by atoms with Gasteiger partial charge in [-0.1, -0.05) is 20.8 Å². The molecule has 1 rings (SSSR count). The van der Waals surface area contributed by atoms with Crippen LogP contribution in [-0.2, 0) is 4.79 Å². The van der Waals surface area contributed by atoms with Crippen LogP contribution in [0.4, 0.5) is 5.69 Å². The molecular formula is C14H19NO3. The molecule has 98 valence electrons. The number of anilines is 1. The summed E-state index contributed by atoms with van der Waals surface area (Å²) >= 11 is 0. The SMILES string of the molecule is CCC(C)(C)C(=O)Nc1ccc(C(=O)O)cc1C. The third kappa shape index (κ3) is 3.09. The lowest BCUT2D eigenvalue weighted by atomic mass is 9.89. The van der Waals surface area contributed by atoms with Crippen molar-refractivity contribution in [1.82, 2.24) is 0 Å². The van der Waals surface area contributed by atoms with Crippen LogP contribution >= 0.6 is 0 Å². The lowest BCUT2D eigenvalue weighted by molar-refractivity contribution is -0.124. The van der Waals surface area contributed by atoms with Crippen molar-refractivity contribution in [3.63, 3.8) is 0 Å². The minimum Gasteiger partial charge on any atom is -0.478 e. The molecule has 0 atom stereocenters. The summed E-state index contributed by atoms with van der Waals surface area (Å²) in [6.45, 7) is 7.49. The molecule has 1 amide bonds. The summed E-state index contributed by atoms with van der Waals surface area (Å²) in [5.41, 5.74) is 1.19. The molecule has 18 heavy (non-hydrogen) atoms. The first kappa shape index (κ1) is 14.2. The third-order valence-electron chi connectivity index (χ3n) is 3.22. The number of amides is 1. The van der Waals surface area contributed by atoms with Gasteiger partial charge >= 0.3 is 5.97 Å². The zero-order chi connectivity index (χ0) is 13.9. The summed E-state index contributed by atoms with van der Waals surface area (Å²) in [4.78, 5) is 22.8. The van der Waals surface area contributed by atoms with Gasteiger partial charge in [0.1, 0.15) is 0 Å². The van der Waals surface area contributed by atoms with Gasteiger partial charge in [-0.25, -0.2) is 4.79 Å². The quantitative estimate of drug-likeness (QED) is 0.861. The Bertz CT molecular complexity index is 478. The topological polar surface area (TPSA) is 66.4 Å². The van der Waals surface area contributed by atoms with E-state index in [1.54, 1.807) is 19.1 Å². The number of carbonyl (C=O) groups is 2. The Kier molecular flexibility index (Phi) is 4.11. The molecule has 1 aromatic rings. The number of rotatable bonds is 4. The maximum atomic E-state index is 12.0. The Hall–Kier alpha value is -1.84. The van der Waals surface area contributed by atoms with Gasteiger partial charge in [-0.15, -0.1) is 0 Å². The summed E-state index contributed by atoms with van der Waals surface area (Å²) in [6.07, 6.45) is 0.741. The van der Waals surface area contributed by atoms with Crippen molar-refractivity contribution in [3.8, 4) is 0 Å². The molecule has 0 aliphatic rings. The first-order valence-electron chi connectivity index (χ1n) is 5.93. The van der Waals surface area contributed by atoms with Crippen LogP contribution in [0.5, 0.6) is 0 Å². The van der Waals surface area contributed by atoms with E-state index >= 15 is 0 Å². The molecule has 0 saturated heterocycles. The number of benzene rings is 1. The second kappa shape index (κ2) is 5.21. The summed E-state index contributed by atoms with van der Waals surface area (Å²) in [7, 11) is 0. The molecule has 4 heteroatoms. The first-order chi connectivity index (χ1) is 8.27. The highest BCUT2D eigenvalue weighted by molar-refractivity contribution is 5.96. The van der Waals surface area contributed by atoms with E-state index in [1.165, 1.54) is 6.07 Å². The van der Waals surface area contributed by atoms with E-state index in [1.807, 2.05) is 20.8 Å². The minimum atomic E-state index is -0.968. The number of carboxylic acids is 1. The molecule has 0 fully saturated rings. The van der Waals surface area contributed by atoms with Crippen molar-refractivity contribution in [3.05, 3.63) is 29.3 Å². The molecule has 4 nitrogen and oxygen atoms in total. The average molecular weight is 249 g/mol. The molecule has 0 unspecified atom stereocenters. The maximum absolute atomic E-state index is 12.0. The largest absolute Gasteiger partial charge is 0.478 e. The fraction of sp³-hybridized carbons (Fsp3) is 0.429. The smallest absolute Gasteiger partial charge is 0.335 e. The Balaban J connectivity index is 2.93. The third-order valence-corrected chi connectivity index (χ3v) is 3.22. The Labute approximate surface area is 107 Å². The monoisotopic (exact) mass is 249 g/mol. The van der Waals surface area contributed by atoms with E-state index in [0.717, 1.165) is 12.0 Å². The lowest BCUT2D eigenvalue weighted by Crippen LogP contribution is -2.30. The fourth-order valence-corrected chi connectivity index (χ4v) is 1.39. The number of carboxylic acid groups (broad SMARTS) is 1. The molecule has 0 radical (unpaired) electrons. The normalized spacial score (nSPS) is 11.1. The lowest BCUT2D eigenvalue weighted by Gasteiger charge is -2.22. The minimum absolute atomic E-state index is 0.0591. The Morgan fingerprint density at radius 1 is 1.33 bits per heavy atom. The molecule has 0 spiro atoms. The number of nitrogens with one attached hydrogen (secondary N) is 1. The number of aryl methyl sites for hydroxylation is 1. The van der Waals surface area contributed by atoms with Crippen LogP contribution in [0.1, 0.15) is 43.1 Å². The van der Waals surface area contributed by atoms with Gasteiger partial charge in [0.25, 0.3) is 0 Å². The zero-order valence-electron chi connectivity index (χ0n) is 11.2. The van der Waals surface area contributed by atoms with E-state index in [2.05, 4.69) is 5.32 Å². The summed E-state index contributed by atoms with van der Waals surface area (Å²) in [5.74, 6) is -1.03. The average Bonchev–Trinajstić information content (AvgIpc) is 2.31. The standard InChI is InChI=1S/C14H19NO3/c1-5-14(3,4)13(18)15-11-7-6-10(12(16)17)8-9(11)2/h6-8H,5H2,1-4H3,(H,15,18)(H,16,17). The zero-order valence-corrected chi connectivity index (χ0v) is 11.2. The van der Waals surface area contributed by atoms with Crippen molar-refractivity contribution in [2.75, 3.05) is 5.32 Å². The van der Waals surface area contributed by atoms with E-state index in [-0.39, 0.29) is 11.5 Å². The molecule has 0 heterocycles. The molecule has 2 N–H and O–H groups in total. The van der Waals surface area contributed by atoms with Crippen LogP contribution in [0.25, 0.3) is 0 Å². The van der Waals surface area contributed by atoms with Crippen LogP contribution in [-0.4, -0.2) is 17.0 Å². The van der Waals surface area contributed by atoms with Crippen molar-refractivity contribution < 1.29 is 14.7 Å². The summed E-state index contributed by atoms with van der Waals surface area (Å²) in [6, 6.07) is 4.67. The van der Waals surface area contributed by atoms with Gasteiger partial charge in [-0.2, -0.15) is 0 Å². The van der Waals surface area contributed by atoms with E-state index < -0.39 is 11.4 Å². The molecule has 0 aliphatic carbocycles. The first-order valence-corrected chi connectivity index (χ1v) is 5.93. The molecule has 0 aromatic heterocycles. The van der Waals surface area contributed by atoms with Crippen LogP contribution in [0, 0.1) is 12.3 Å². The fourth-order valence-electron chi connectivity index (χ4n) is 1.39. The Morgan fingerprint density at radius 3 is 2.39 bits per heavy atom. The van der Waals surface area contributed by atoms with Crippen LogP contribution < -0.4 is 5.32 Å². The second-order valence-corrected chi connectivity index (χ2v) is 5.03. The van der Waals surface area contributed by atoms with E-state index in [9.17, 15) is 9.59 Å². The van der Waals surface area contributed by atoms with Gasteiger partial charge in [-0.3, -0.25) is 4.79 Å². The number of hydrogen-bond donors (Lipinski definition) is 2. The predicted octanol–water partition coefficient (Wildman–Crippen LogP) is 3.07. The highest BCUT2D eigenvalue weighted by Crippen LogP contribution is 2.24. The van der Waals surface area contributed by atoms with Gasteiger partial charge in [0, 0.05) is 11.1 Å². The summed E-state index contributed by atoms with van der Waals surface area (Å²) in [5, 5.41) is 11.7. The predicted molar refractivity (Wildman–Crippen MR) is 70.8 cm³/mol. The molecular weight excluding hydrogens is 230 g/mol. The van der Waals surface area contributed by atoms with Crippen molar-refractivity contribution in [2.45, 2.75) is 34.1 Å². The molecule has 1 aromatic carbocycles. The van der Waals surface area contributed by atoms with E-state index in [4.69, 9.17) is 5.11 Å². The van der Waals surface area contributed by atoms with Crippen LogP contribution in [0.15, 0.2) is 18.2 Å². The van der Waals surface area contributed by atoms with Crippen LogP contribution in [0.3, 0.4) is 0 Å². The molecule has 0 saturated carbocycles. The molecule has 0 aliphatic heterocycles. The van der Waals surface area contributed by atoms with Crippen molar-refractivity contribution >= 4 is 17.6 Å². The van der Waals surface area contributed by atoms with Gasteiger partial charge in [0.2, 0.25) is 5.91 Å². The number of carbonyl (C=O) groups excluding carboxylic acids is 1. The highest BCUT2D eigenvalue weighted by Gasteiger charge is 2.25.